The van der Waals surface area contributed by atoms with Crippen molar-refractivity contribution in [2.75, 3.05) is 0 Å². The van der Waals surface area contributed by atoms with Crippen LogP contribution in [0.4, 0.5) is 4.39 Å². The van der Waals surface area contributed by atoms with Gasteiger partial charge in [0.2, 0.25) is 0 Å². The molecule has 86 valence electrons. The van der Waals surface area contributed by atoms with Crippen LogP contribution in [0, 0.1) is 5.82 Å². The third-order valence-corrected chi connectivity index (χ3v) is 3.18. The minimum Gasteiger partial charge on any atom is -0.481 e. The van der Waals surface area contributed by atoms with Crippen molar-refractivity contribution in [1.29, 1.82) is 0 Å². The number of aryl methyl sites for hydroxylation is 1. The summed E-state index contributed by atoms with van der Waals surface area (Å²) in [6.45, 7) is 0. The van der Waals surface area contributed by atoms with E-state index in [-0.39, 0.29) is 12.2 Å². The van der Waals surface area contributed by atoms with Crippen molar-refractivity contribution in [2.45, 2.75) is 38.5 Å². The molecule has 0 aliphatic heterocycles. The summed E-state index contributed by atoms with van der Waals surface area (Å²) in [7, 11) is 0. The minimum atomic E-state index is -0.797. The molecular formula is C13H15FO2. The second-order valence-electron chi connectivity index (χ2n) is 4.26. The number of carbonyl (C=O) groups is 1. The van der Waals surface area contributed by atoms with E-state index in [1.165, 1.54) is 6.07 Å². The van der Waals surface area contributed by atoms with Crippen molar-refractivity contribution >= 4 is 5.97 Å². The Bertz CT molecular complexity index is 413. The molecule has 1 aromatic carbocycles. The van der Waals surface area contributed by atoms with Crippen LogP contribution >= 0.6 is 0 Å². The summed E-state index contributed by atoms with van der Waals surface area (Å²) in [6, 6.07) is 3.21. The van der Waals surface area contributed by atoms with Gasteiger partial charge in [-0.05, 0) is 54.9 Å². The average molecular weight is 222 g/mol. The molecule has 0 fully saturated rings. The van der Waals surface area contributed by atoms with Crippen LogP contribution in [-0.2, 0) is 24.1 Å². The molecule has 0 bridgehead atoms. The maximum Gasteiger partial charge on any atom is 0.303 e. The fraction of sp³-hybridized carbons (Fsp3) is 0.462. The molecule has 0 atom stereocenters. The number of hydrogen-bond donors (Lipinski definition) is 1. The van der Waals surface area contributed by atoms with Crippen LogP contribution in [0.5, 0.6) is 0 Å². The van der Waals surface area contributed by atoms with E-state index in [1.54, 1.807) is 6.07 Å². The Hall–Kier alpha value is -1.38. The molecule has 3 heteroatoms. The van der Waals surface area contributed by atoms with E-state index in [9.17, 15) is 9.18 Å². The fourth-order valence-corrected chi connectivity index (χ4v) is 2.37. The summed E-state index contributed by atoms with van der Waals surface area (Å²) in [4.78, 5) is 10.5. The highest BCUT2D eigenvalue weighted by molar-refractivity contribution is 5.67. The number of benzene rings is 1. The third kappa shape index (κ3) is 2.23. The molecule has 2 nitrogen and oxygen atoms in total. The van der Waals surface area contributed by atoms with Crippen LogP contribution in [0.1, 0.15) is 36.0 Å². The summed E-state index contributed by atoms with van der Waals surface area (Å²) in [6.07, 6.45) is 4.43. The third-order valence-electron chi connectivity index (χ3n) is 3.18. The van der Waals surface area contributed by atoms with Crippen LogP contribution in [-0.4, -0.2) is 11.1 Å². The lowest BCUT2D eigenvalue weighted by molar-refractivity contribution is -0.136. The second kappa shape index (κ2) is 4.64. The van der Waals surface area contributed by atoms with Crippen molar-refractivity contribution in [1.82, 2.24) is 0 Å². The SMILES string of the molecule is O=C(O)CCc1ccc(F)c2c1CCCC2. The zero-order valence-electron chi connectivity index (χ0n) is 9.13. The monoisotopic (exact) mass is 222 g/mol. The Morgan fingerprint density at radius 3 is 2.62 bits per heavy atom. The molecule has 1 N–H and O–H groups in total. The van der Waals surface area contributed by atoms with Gasteiger partial charge in [-0.25, -0.2) is 4.39 Å². The largest absolute Gasteiger partial charge is 0.481 e. The van der Waals surface area contributed by atoms with Crippen LogP contribution in [0.15, 0.2) is 12.1 Å². The molecule has 16 heavy (non-hydrogen) atoms. The zero-order chi connectivity index (χ0) is 11.5. The van der Waals surface area contributed by atoms with Gasteiger partial charge in [0, 0.05) is 6.42 Å². The van der Waals surface area contributed by atoms with Crippen molar-refractivity contribution in [3.63, 3.8) is 0 Å². The highest BCUT2D eigenvalue weighted by Gasteiger charge is 2.17. The number of carboxylic acids is 1. The van der Waals surface area contributed by atoms with Crippen LogP contribution in [0.3, 0.4) is 0 Å². The Morgan fingerprint density at radius 2 is 1.94 bits per heavy atom. The molecule has 0 saturated heterocycles. The van der Waals surface area contributed by atoms with E-state index < -0.39 is 5.97 Å². The van der Waals surface area contributed by atoms with Gasteiger partial charge in [0.25, 0.3) is 0 Å². The highest BCUT2D eigenvalue weighted by atomic mass is 19.1. The normalized spacial score (nSPS) is 14.6. The molecule has 0 spiro atoms. The van der Waals surface area contributed by atoms with Crippen molar-refractivity contribution in [2.24, 2.45) is 0 Å². The number of rotatable bonds is 3. The maximum atomic E-state index is 13.5. The van der Waals surface area contributed by atoms with E-state index in [1.807, 2.05) is 0 Å². The van der Waals surface area contributed by atoms with Crippen molar-refractivity contribution in [3.8, 4) is 0 Å². The van der Waals surface area contributed by atoms with Crippen molar-refractivity contribution < 1.29 is 14.3 Å². The first-order valence-electron chi connectivity index (χ1n) is 5.69. The Labute approximate surface area is 94.1 Å². The Kier molecular flexibility index (Phi) is 3.22. The lowest BCUT2D eigenvalue weighted by Gasteiger charge is -2.19. The van der Waals surface area contributed by atoms with Crippen molar-refractivity contribution in [3.05, 3.63) is 34.6 Å². The number of carboxylic acid groups (broad SMARTS) is 1. The summed E-state index contributed by atoms with van der Waals surface area (Å²) in [5, 5.41) is 8.66. The summed E-state index contributed by atoms with van der Waals surface area (Å²) < 4.78 is 13.5. The van der Waals surface area contributed by atoms with E-state index in [4.69, 9.17) is 5.11 Å². The minimum absolute atomic E-state index is 0.123. The van der Waals surface area contributed by atoms with Crippen LogP contribution < -0.4 is 0 Å². The van der Waals surface area contributed by atoms with Gasteiger partial charge >= 0.3 is 5.97 Å². The first-order valence-corrected chi connectivity index (χ1v) is 5.69. The van der Waals surface area contributed by atoms with Gasteiger partial charge in [0.15, 0.2) is 0 Å². The molecule has 0 unspecified atom stereocenters. The van der Waals surface area contributed by atoms with E-state index in [0.717, 1.165) is 42.4 Å². The number of halogens is 1. The highest BCUT2D eigenvalue weighted by Crippen LogP contribution is 2.27. The molecule has 2 rings (SSSR count). The lowest BCUT2D eigenvalue weighted by Crippen LogP contribution is -2.10. The Morgan fingerprint density at radius 1 is 1.25 bits per heavy atom. The van der Waals surface area contributed by atoms with Gasteiger partial charge in [0.05, 0.1) is 0 Å². The summed E-state index contributed by atoms with van der Waals surface area (Å²) in [5.74, 6) is -0.928. The summed E-state index contributed by atoms with van der Waals surface area (Å²) >= 11 is 0. The fourth-order valence-electron chi connectivity index (χ4n) is 2.37. The quantitative estimate of drug-likeness (QED) is 0.853. The average Bonchev–Trinajstić information content (AvgIpc) is 2.28. The lowest BCUT2D eigenvalue weighted by atomic mass is 9.86. The van der Waals surface area contributed by atoms with E-state index >= 15 is 0 Å². The van der Waals surface area contributed by atoms with Crippen LogP contribution in [0.2, 0.25) is 0 Å². The molecule has 1 aromatic rings. The van der Waals surface area contributed by atoms with E-state index in [0.29, 0.717) is 6.42 Å². The number of hydrogen-bond acceptors (Lipinski definition) is 1. The van der Waals surface area contributed by atoms with Gasteiger partial charge in [0.1, 0.15) is 5.82 Å². The van der Waals surface area contributed by atoms with Gasteiger partial charge in [-0.2, -0.15) is 0 Å². The van der Waals surface area contributed by atoms with Gasteiger partial charge in [-0.15, -0.1) is 0 Å². The second-order valence-corrected chi connectivity index (χ2v) is 4.26. The Balaban J connectivity index is 2.28. The predicted octanol–water partition coefficient (Wildman–Crippen LogP) is 2.72. The smallest absolute Gasteiger partial charge is 0.303 e. The summed E-state index contributed by atoms with van der Waals surface area (Å²) in [5.41, 5.74) is 2.89. The molecule has 0 amide bonds. The molecule has 0 saturated carbocycles. The molecule has 0 radical (unpaired) electrons. The molecule has 0 heterocycles. The molecule has 1 aliphatic carbocycles. The van der Waals surface area contributed by atoms with E-state index in [2.05, 4.69) is 0 Å². The molecular weight excluding hydrogens is 207 g/mol. The van der Waals surface area contributed by atoms with Gasteiger partial charge in [-0.3, -0.25) is 4.79 Å². The zero-order valence-corrected chi connectivity index (χ0v) is 9.13. The topological polar surface area (TPSA) is 37.3 Å². The first-order chi connectivity index (χ1) is 7.68. The van der Waals surface area contributed by atoms with Gasteiger partial charge in [-0.1, -0.05) is 6.07 Å². The maximum absolute atomic E-state index is 13.5. The molecule has 0 aromatic heterocycles. The molecule has 1 aliphatic rings. The van der Waals surface area contributed by atoms with Gasteiger partial charge < -0.3 is 5.11 Å². The van der Waals surface area contributed by atoms with Crippen LogP contribution in [0.25, 0.3) is 0 Å². The number of aliphatic carboxylic acids is 1. The number of fused-ring (bicyclic) bond motifs is 1. The first kappa shape index (κ1) is 11.1. The predicted molar refractivity (Wildman–Crippen MR) is 59.0 cm³/mol. The standard InChI is InChI=1S/C13H15FO2/c14-12-7-5-9(6-8-13(15)16)10-3-1-2-4-11(10)12/h5,7H,1-4,6,8H2,(H,15,16).